The molecule has 13 heavy (non-hydrogen) atoms. The van der Waals surface area contributed by atoms with Crippen molar-refractivity contribution in [3.8, 4) is 0 Å². The molecule has 0 aromatic carbocycles. The average Bonchev–Trinajstić information content (AvgIpc) is 2.19. The zero-order chi connectivity index (χ0) is 9.52. The molecule has 1 unspecified atom stereocenters. The molecule has 1 aromatic heterocycles. The van der Waals surface area contributed by atoms with Gasteiger partial charge in [0.2, 0.25) is 0 Å². The van der Waals surface area contributed by atoms with Crippen molar-refractivity contribution in [2.75, 3.05) is 7.05 Å². The van der Waals surface area contributed by atoms with Gasteiger partial charge in [0.15, 0.2) is 0 Å². The van der Waals surface area contributed by atoms with Gasteiger partial charge >= 0.3 is 0 Å². The second-order valence-corrected chi connectivity index (χ2v) is 3.11. The number of hydrogen-bond acceptors (Lipinski definition) is 2. The number of hydrogen-bond donors (Lipinski definition) is 1. The van der Waals surface area contributed by atoms with Crippen LogP contribution in [-0.2, 0) is 0 Å². The Labute approximate surface area is 79.7 Å². The minimum absolute atomic E-state index is 0.535. The molecule has 2 heteroatoms. The molecule has 0 amide bonds. The molecule has 0 aliphatic heterocycles. The third-order valence-corrected chi connectivity index (χ3v) is 1.98. The van der Waals surface area contributed by atoms with Crippen molar-refractivity contribution in [2.45, 2.75) is 19.4 Å². The summed E-state index contributed by atoms with van der Waals surface area (Å²) in [6, 6.07) is 4.53. The largest absolute Gasteiger partial charge is 0.317 e. The van der Waals surface area contributed by atoms with Crippen molar-refractivity contribution >= 4 is 6.08 Å². The molecule has 2 nitrogen and oxygen atoms in total. The lowest BCUT2D eigenvalue weighted by Gasteiger charge is -2.04. The van der Waals surface area contributed by atoms with Crippen molar-refractivity contribution in [2.24, 2.45) is 0 Å². The Morgan fingerprint density at radius 2 is 2.46 bits per heavy atom. The number of pyridine rings is 1. The summed E-state index contributed by atoms with van der Waals surface area (Å²) in [6.07, 6.45) is 8.96. The molecular weight excluding hydrogens is 160 g/mol. The first-order chi connectivity index (χ1) is 6.33. The van der Waals surface area contributed by atoms with Crippen LogP contribution < -0.4 is 5.32 Å². The summed E-state index contributed by atoms with van der Waals surface area (Å²) in [5.74, 6) is 0. The van der Waals surface area contributed by atoms with Gasteiger partial charge in [-0.25, -0.2) is 0 Å². The molecule has 0 fully saturated rings. The molecule has 0 bridgehead atoms. The second kappa shape index (κ2) is 5.49. The van der Waals surface area contributed by atoms with Crippen LogP contribution >= 0.6 is 0 Å². The Morgan fingerprint density at radius 1 is 1.62 bits per heavy atom. The van der Waals surface area contributed by atoms with E-state index < -0.39 is 0 Å². The van der Waals surface area contributed by atoms with Gasteiger partial charge in [0, 0.05) is 18.4 Å². The standard InChI is InChI=1S/C11H16N2/c1-10(12-2)5-3-6-11-7-4-8-13-9-11/h3-4,6-10,12H,5H2,1-2H3/b6-3-. The van der Waals surface area contributed by atoms with Crippen molar-refractivity contribution in [1.29, 1.82) is 0 Å². The summed E-state index contributed by atoms with van der Waals surface area (Å²) < 4.78 is 0. The summed E-state index contributed by atoms with van der Waals surface area (Å²) in [5, 5.41) is 3.18. The average molecular weight is 176 g/mol. The molecule has 1 heterocycles. The van der Waals surface area contributed by atoms with Crippen LogP contribution in [0.2, 0.25) is 0 Å². The van der Waals surface area contributed by atoms with Gasteiger partial charge in [-0.2, -0.15) is 0 Å². The van der Waals surface area contributed by atoms with E-state index in [2.05, 4.69) is 29.4 Å². The lowest BCUT2D eigenvalue weighted by atomic mass is 10.2. The summed E-state index contributed by atoms with van der Waals surface area (Å²) in [6.45, 7) is 2.16. The highest BCUT2D eigenvalue weighted by Gasteiger charge is 1.91. The molecular formula is C11H16N2. The maximum absolute atomic E-state index is 4.04. The number of rotatable bonds is 4. The predicted molar refractivity (Wildman–Crippen MR) is 56.4 cm³/mol. The first kappa shape index (κ1) is 9.93. The molecule has 0 spiro atoms. The van der Waals surface area contributed by atoms with Crippen LogP contribution in [0.1, 0.15) is 18.9 Å². The van der Waals surface area contributed by atoms with Gasteiger partial charge in [-0.3, -0.25) is 4.98 Å². The molecule has 0 saturated heterocycles. The zero-order valence-corrected chi connectivity index (χ0v) is 8.20. The highest BCUT2D eigenvalue weighted by atomic mass is 14.8. The van der Waals surface area contributed by atoms with Gasteiger partial charge in [-0.1, -0.05) is 18.2 Å². The van der Waals surface area contributed by atoms with Crippen LogP contribution in [0.4, 0.5) is 0 Å². The van der Waals surface area contributed by atoms with Crippen molar-refractivity contribution in [3.05, 3.63) is 36.2 Å². The zero-order valence-electron chi connectivity index (χ0n) is 8.20. The molecule has 70 valence electrons. The highest BCUT2D eigenvalue weighted by Crippen LogP contribution is 2.00. The van der Waals surface area contributed by atoms with Gasteiger partial charge in [0.05, 0.1) is 0 Å². The van der Waals surface area contributed by atoms with E-state index in [0.29, 0.717) is 6.04 Å². The summed E-state index contributed by atoms with van der Waals surface area (Å²) in [4.78, 5) is 4.04. The monoisotopic (exact) mass is 176 g/mol. The fraction of sp³-hybridized carbons (Fsp3) is 0.364. The first-order valence-corrected chi connectivity index (χ1v) is 4.56. The van der Waals surface area contributed by atoms with Crippen molar-refractivity contribution in [1.82, 2.24) is 10.3 Å². The minimum Gasteiger partial charge on any atom is -0.317 e. The van der Waals surface area contributed by atoms with Gasteiger partial charge in [-0.15, -0.1) is 0 Å². The summed E-state index contributed by atoms with van der Waals surface area (Å²) >= 11 is 0. The van der Waals surface area contributed by atoms with E-state index in [4.69, 9.17) is 0 Å². The van der Waals surface area contributed by atoms with E-state index in [1.54, 1.807) is 6.20 Å². The van der Waals surface area contributed by atoms with Crippen LogP contribution in [0.25, 0.3) is 6.08 Å². The Balaban J connectivity index is 2.41. The van der Waals surface area contributed by atoms with Gasteiger partial charge in [0.25, 0.3) is 0 Å². The molecule has 1 rings (SSSR count). The Morgan fingerprint density at radius 3 is 3.08 bits per heavy atom. The third-order valence-electron chi connectivity index (χ3n) is 1.98. The first-order valence-electron chi connectivity index (χ1n) is 4.56. The van der Waals surface area contributed by atoms with Crippen molar-refractivity contribution in [3.63, 3.8) is 0 Å². The molecule has 1 N–H and O–H groups in total. The van der Waals surface area contributed by atoms with E-state index in [9.17, 15) is 0 Å². The molecule has 1 atom stereocenters. The minimum atomic E-state index is 0.535. The molecule has 0 radical (unpaired) electrons. The Kier molecular flexibility index (Phi) is 4.19. The fourth-order valence-electron chi connectivity index (χ4n) is 1.00. The van der Waals surface area contributed by atoms with Gasteiger partial charge in [-0.05, 0) is 32.0 Å². The fourth-order valence-corrected chi connectivity index (χ4v) is 1.00. The molecule has 0 saturated carbocycles. The lowest BCUT2D eigenvalue weighted by Crippen LogP contribution is -2.19. The van der Waals surface area contributed by atoms with Gasteiger partial charge in [0.1, 0.15) is 0 Å². The Hall–Kier alpha value is -1.15. The van der Waals surface area contributed by atoms with E-state index in [0.717, 1.165) is 12.0 Å². The number of nitrogens with one attached hydrogen (secondary N) is 1. The molecule has 0 aliphatic carbocycles. The predicted octanol–water partition coefficient (Wildman–Crippen LogP) is 2.09. The maximum Gasteiger partial charge on any atom is 0.0340 e. The van der Waals surface area contributed by atoms with E-state index >= 15 is 0 Å². The lowest BCUT2D eigenvalue weighted by molar-refractivity contribution is 0.621. The highest BCUT2D eigenvalue weighted by molar-refractivity contribution is 5.47. The maximum atomic E-state index is 4.04. The van der Waals surface area contributed by atoms with Crippen LogP contribution in [0.5, 0.6) is 0 Å². The van der Waals surface area contributed by atoms with Crippen LogP contribution in [0.3, 0.4) is 0 Å². The Bertz CT molecular complexity index is 254. The van der Waals surface area contributed by atoms with E-state index in [-0.39, 0.29) is 0 Å². The normalized spacial score (nSPS) is 13.4. The summed E-state index contributed by atoms with van der Waals surface area (Å²) in [7, 11) is 1.97. The van der Waals surface area contributed by atoms with Crippen molar-refractivity contribution < 1.29 is 0 Å². The van der Waals surface area contributed by atoms with E-state index in [1.807, 2.05) is 25.4 Å². The van der Waals surface area contributed by atoms with Crippen LogP contribution in [-0.4, -0.2) is 18.1 Å². The second-order valence-electron chi connectivity index (χ2n) is 3.11. The molecule has 1 aromatic rings. The third kappa shape index (κ3) is 3.85. The quantitative estimate of drug-likeness (QED) is 0.760. The topological polar surface area (TPSA) is 24.9 Å². The van der Waals surface area contributed by atoms with Gasteiger partial charge < -0.3 is 5.32 Å². The SMILES string of the molecule is CNC(C)C/C=C\c1cccnc1. The van der Waals surface area contributed by atoms with Crippen LogP contribution in [0.15, 0.2) is 30.6 Å². The molecule has 0 aliphatic rings. The van der Waals surface area contributed by atoms with E-state index in [1.165, 1.54) is 0 Å². The summed E-state index contributed by atoms with van der Waals surface area (Å²) in [5.41, 5.74) is 1.16. The van der Waals surface area contributed by atoms with Crippen LogP contribution in [0, 0.1) is 0 Å². The number of nitrogens with zero attached hydrogens (tertiary/aromatic N) is 1. The smallest absolute Gasteiger partial charge is 0.0340 e. The number of aromatic nitrogens is 1.